The van der Waals surface area contributed by atoms with Crippen molar-refractivity contribution < 1.29 is 0 Å². The maximum atomic E-state index is 6.23. The van der Waals surface area contributed by atoms with Gasteiger partial charge in [-0.1, -0.05) is 36.4 Å². The van der Waals surface area contributed by atoms with E-state index in [1.165, 1.54) is 5.57 Å². The highest BCUT2D eigenvalue weighted by Gasteiger charge is 2.15. The molecule has 2 heterocycles. The zero-order valence-corrected chi connectivity index (χ0v) is 19.0. The molecule has 0 fully saturated rings. The lowest BCUT2D eigenvalue weighted by molar-refractivity contribution is 0.829. The number of hydrogen-bond donors (Lipinski definition) is 2. The minimum Gasteiger partial charge on any atom is -0.382 e. The molecule has 7 heteroatoms. The third-order valence-electron chi connectivity index (χ3n) is 5.16. The van der Waals surface area contributed by atoms with Crippen LogP contribution in [0.2, 0.25) is 0 Å². The Labute approximate surface area is 184 Å². The number of fused-ring (bicyclic) bond motifs is 1. The van der Waals surface area contributed by atoms with E-state index in [0.717, 1.165) is 46.3 Å². The van der Waals surface area contributed by atoms with E-state index in [0.29, 0.717) is 18.1 Å². The van der Waals surface area contributed by atoms with Crippen LogP contribution in [0.25, 0.3) is 16.6 Å². The molecule has 0 saturated heterocycles. The Morgan fingerprint density at radius 2 is 2.10 bits per heavy atom. The molecule has 1 unspecified atom stereocenters. The van der Waals surface area contributed by atoms with Gasteiger partial charge in [0.25, 0.3) is 0 Å². The van der Waals surface area contributed by atoms with Crippen LogP contribution in [0.15, 0.2) is 65.2 Å². The fraction of sp³-hybridized carbons (Fsp3) is 0.208. The zero-order chi connectivity index (χ0) is 21.8. The molecule has 0 aliphatic heterocycles. The molecule has 1 aromatic carbocycles. The summed E-state index contributed by atoms with van der Waals surface area (Å²) in [6.07, 6.45) is 12.3. The van der Waals surface area contributed by atoms with E-state index >= 15 is 0 Å². The predicted molar refractivity (Wildman–Crippen MR) is 135 cm³/mol. The van der Waals surface area contributed by atoms with Gasteiger partial charge in [0.1, 0.15) is 5.69 Å². The summed E-state index contributed by atoms with van der Waals surface area (Å²) < 4.78 is 2.01. The Morgan fingerprint density at radius 3 is 2.90 bits per heavy atom. The molecule has 0 amide bonds. The molecule has 4 rings (SSSR count). The summed E-state index contributed by atoms with van der Waals surface area (Å²) in [6, 6.07) is 10.1. The molecule has 0 bridgehead atoms. The molecule has 1 atom stereocenters. The van der Waals surface area contributed by atoms with Crippen LogP contribution in [-0.2, 0) is 6.54 Å². The lowest BCUT2D eigenvalue weighted by Crippen LogP contribution is -2.09. The van der Waals surface area contributed by atoms with Crippen molar-refractivity contribution in [2.45, 2.75) is 26.8 Å². The zero-order valence-electron chi connectivity index (χ0n) is 17.8. The Kier molecular flexibility index (Phi) is 6.28. The lowest BCUT2D eigenvalue weighted by atomic mass is 10.1. The average Bonchev–Trinajstić information content (AvgIpc) is 2.98. The normalized spacial score (nSPS) is 14.0. The van der Waals surface area contributed by atoms with E-state index < -0.39 is 0 Å². The number of rotatable bonds is 6. The summed E-state index contributed by atoms with van der Waals surface area (Å²) >= 11 is 0. The number of nitrogen functional groups attached to an aromatic ring is 1. The van der Waals surface area contributed by atoms with Crippen molar-refractivity contribution in [3.05, 3.63) is 71.6 Å². The Morgan fingerprint density at radius 1 is 1.26 bits per heavy atom. The minimum atomic E-state index is 0.412. The van der Waals surface area contributed by atoms with Gasteiger partial charge in [-0.15, -0.1) is 9.24 Å². The van der Waals surface area contributed by atoms with E-state index in [2.05, 4.69) is 54.9 Å². The largest absolute Gasteiger partial charge is 0.382 e. The number of benzene rings is 1. The summed E-state index contributed by atoms with van der Waals surface area (Å²) in [5.41, 5.74) is 13.0. The van der Waals surface area contributed by atoms with Gasteiger partial charge < -0.3 is 11.1 Å². The summed E-state index contributed by atoms with van der Waals surface area (Å²) in [5.74, 6) is 0.412. The van der Waals surface area contributed by atoms with Crippen LogP contribution in [0, 0.1) is 6.92 Å². The number of aliphatic imine (C=N–C) groups is 1. The third-order valence-corrected chi connectivity index (χ3v) is 5.63. The smallest absolute Gasteiger partial charge is 0.152 e. The van der Waals surface area contributed by atoms with Crippen LogP contribution in [0.3, 0.4) is 0 Å². The summed E-state index contributed by atoms with van der Waals surface area (Å²) in [7, 11) is 2.78. The van der Waals surface area contributed by atoms with Crippen LogP contribution in [0.1, 0.15) is 24.7 Å². The number of allylic oxidation sites excluding steroid dienone is 6. The molecule has 1 aliphatic carbocycles. The monoisotopic (exact) mass is 430 g/mol. The Balaban J connectivity index is 1.69. The number of nitrogens with zero attached hydrogens (tertiary/aromatic N) is 4. The van der Waals surface area contributed by atoms with Gasteiger partial charge in [0.15, 0.2) is 5.82 Å². The minimum absolute atomic E-state index is 0.412. The summed E-state index contributed by atoms with van der Waals surface area (Å²) in [5, 5.41) is 9.29. The fourth-order valence-electron chi connectivity index (χ4n) is 3.71. The second kappa shape index (κ2) is 9.27. The number of hydrogen-bond acceptors (Lipinski definition) is 5. The first-order valence-corrected chi connectivity index (χ1v) is 11.2. The van der Waals surface area contributed by atoms with Crippen molar-refractivity contribution in [3.63, 3.8) is 0 Å². The maximum Gasteiger partial charge on any atom is 0.152 e. The molecule has 0 saturated carbocycles. The molecule has 158 valence electrons. The molecule has 2 aromatic heterocycles. The number of para-hydroxylation sites is 1. The SMILES string of the molecule is CC=Nc1c(N)nc2ccccc2c1NCc1cc(C)nn1C1=CCC=C(CP)C=C1. The summed E-state index contributed by atoms with van der Waals surface area (Å²) in [6.45, 7) is 4.47. The van der Waals surface area contributed by atoms with Crippen LogP contribution >= 0.6 is 9.24 Å². The number of pyridine rings is 1. The van der Waals surface area contributed by atoms with E-state index in [-0.39, 0.29) is 0 Å². The first-order valence-electron chi connectivity index (χ1n) is 10.3. The van der Waals surface area contributed by atoms with Gasteiger partial charge in [0, 0.05) is 11.6 Å². The van der Waals surface area contributed by atoms with Gasteiger partial charge in [0.05, 0.1) is 34.8 Å². The van der Waals surface area contributed by atoms with Gasteiger partial charge in [-0.05, 0) is 50.2 Å². The second-order valence-corrected chi connectivity index (χ2v) is 7.76. The Hall–Kier alpha value is -3.24. The number of nitrogens with two attached hydrogens (primary N) is 1. The molecular weight excluding hydrogens is 403 g/mol. The first kappa shape index (κ1) is 21.0. The second-order valence-electron chi connectivity index (χ2n) is 7.35. The molecular formula is C24H27N6P. The van der Waals surface area contributed by atoms with Gasteiger partial charge in [-0.3, -0.25) is 4.99 Å². The molecule has 3 N–H and O–H groups in total. The highest BCUT2D eigenvalue weighted by molar-refractivity contribution is 7.16. The number of aryl methyl sites for hydroxylation is 1. The lowest BCUT2D eigenvalue weighted by Gasteiger charge is -2.15. The quantitative estimate of drug-likeness (QED) is 0.413. The molecule has 6 nitrogen and oxygen atoms in total. The van der Waals surface area contributed by atoms with E-state index in [1.807, 2.05) is 42.8 Å². The van der Waals surface area contributed by atoms with Crippen molar-refractivity contribution in [2.75, 3.05) is 17.2 Å². The molecule has 3 aromatic rings. The molecule has 1 aliphatic rings. The standard InChI is InChI=1S/C24H27N6P/c1-3-26-23-22(20-9-4-5-10-21(20)28-24(23)25)27-14-19-13-16(2)29-30(19)18-8-6-7-17(15-31)11-12-18/h3-5,7-13H,6,14-15,31H2,1-2H3,(H3,25,27,28). The van der Waals surface area contributed by atoms with Gasteiger partial charge >= 0.3 is 0 Å². The summed E-state index contributed by atoms with van der Waals surface area (Å²) in [4.78, 5) is 9.00. The highest BCUT2D eigenvalue weighted by atomic mass is 31.0. The van der Waals surface area contributed by atoms with Gasteiger partial charge in [-0.25, -0.2) is 9.67 Å². The maximum absolute atomic E-state index is 6.23. The van der Waals surface area contributed by atoms with Crippen molar-refractivity contribution in [2.24, 2.45) is 4.99 Å². The average molecular weight is 430 g/mol. The van der Waals surface area contributed by atoms with E-state index in [9.17, 15) is 0 Å². The van der Waals surface area contributed by atoms with E-state index in [1.54, 1.807) is 6.21 Å². The topological polar surface area (TPSA) is 81.1 Å². The fourth-order valence-corrected chi connectivity index (χ4v) is 4.01. The number of nitrogens with one attached hydrogen (secondary N) is 1. The van der Waals surface area contributed by atoms with Crippen LogP contribution < -0.4 is 11.1 Å². The third kappa shape index (κ3) is 4.44. The van der Waals surface area contributed by atoms with Gasteiger partial charge in [0.2, 0.25) is 0 Å². The van der Waals surface area contributed by atoms with Crippen molar-refractivity contribution in [3.8, 4) is 0 Å². The van der Waals surface area contributed by atoms with Gasteiger partial charge in [-0.2, -0.15) is 5.10 Å². The van der Waals surface area contributed by atoms with Crippen molar-refractivity contribution in [1.29, 1.82) is 0 Å². The van der Waals surface area contributed by atoms with Crippen molar-refractivity contribution >= 4 is 49.2 Å². The number of aromatic nitrogens is 3. The Bertz CT molecular complexity index is 1230. The molecule has 31 heavy (non-hydrogen) atoms. The number of anilines is 2. The van der Waals surface area contributed by atoms with Crippen LogP contribution in [0.4, 0.5) is 17.2 Å². The van der Waals surface area contributed by atoms with E-state index in [4.69, 9.17) is 10.8 Å². The van der Waals surface area contributed by atoms with Crippen molar-refractivity contribution in [1.82, 2.24) is 14.8 Å². The van der Waals surface area contributed by atoms with Crippen LogP contribution in [0.5, 0.6) is 0 Å². The first-order chi connectivity index (χ1) is 15.1. The highest BCUT2D eigenvalue weighted by Crippen LogP contribution is 2.37. The molecule has 0 radical (unpaired) electrons. The van der Waals surface area contributed by atoms with Crippen LogP contribution in [-0.4, -0.2) is 27.1 Å². The molecule has 0 spiro atoms. The predicted octanol–water partition coefficient (Wildman–Crippen LogP) is 5.26.